The van der Waals surface area contributed by atoms with Crippen LogP contribution in [0, 0.1) is 0 Å². The molecule has 0 bridgehead atoms. The number of anilines is 2. The minimum atomic E-state index is -0.361. The molecule has 7 nitrogen and oxygen atoms in total. The molecule has 1 aliphatic rings. The topological polar surface area (TPSA) is 112 Å². The van der Waals surface area contributed by atoms with Crippen molar-refractivity contribution < 1.29 is 4.79 Å². The average Bonchev–Trinajstić information content (AvgIpc) is 2.88. The van der Waals surface area contributed by atoms with Crippen molar-refractivity contribution in [3.63, 3.8) is 0 Å². The quantitative estimate of drug-likeness (QED) is 0.628. The second kappa shape index (κ2) is 3.62. The first-order valence-corrected chi connectivity index (χ1v) is 5.40. The van der Waals surface area contributed by atoms with Crippen LogP contribution in [0.5, 0.6) is 0 Å². The highest BCUT2D eigenvalue weighted by atomic mass is 16.2. The van der Waals surface area contributed by atoms with Crippen LogP contribution in [0.1, 0.15) is 34.9 Å². The molecule has 0 radical (unpaired) electrons. The first kappa shape index (κ1) is 9.88. The average molecular weight is 232 g/mol. The van der Waals surface area contributed by atoms with E-state index in [2.05, 4.69) is 25.5 Å². The van der Waals surface area contributed by atoms with E-state index in [1.807, 2.05) is 0 Å². The molecule has 7 heteroatoms. The molecule has 0 aliphatic heterocycles. The molecule has 2 aromatic rings. The maximum Gasteiger partial charge on any atom is 0.280 e. The molecule has 0 aromatic carbocycles. The van der Waals surface area contributed by atoms with E-state index in [9.17, 15) is 4.79 Å². The minimum absolute atomic E-state index is 0.225. The SMILES string of the molecule is Nc1c(C(=O)Nc2ncc[nH]2)n[nH]c1C1CC1. The van der Waals surface area contributed by atoms with Crippen molar-refractivity contribution in [2.75, 3.05) is 11.1 Å². The van der Waals surface area contributed by atoms with Crippen molar-refractivity contribution in [1.29, 1.82) is 0 Å². The van der Waals surface area contributed by atoms with E-state index >= 15 is 0 Å². The Morgan fingerprint density at radius 2 is 2.35 bits per heavy atom. The minimum Gasteiger partial charge on any atom is -0.395 e. The van der Waals surface area contributed by atoms with Gasteiger partial charge in [-0.15, -0.1) is 0 Å². The third-order valence-electron chi connectivity index (χ3n) is 2.76. The van der Waals surface area contributed by atoms with Crippen LogP contribution in [0.2, 0.25) is 0 Å². The number of carbonyl (C=O) groups excluding carboxylic acids is 1. The summed E-state index contributed by atoms with van der Waals surface area (Å²) in [5, 5.41) is 9.37. The molecule has 3 rings (SSSR count). The number of H-pyrrole nitrogens is 2. The monoisotopic (exact) mass is 232 g/mol. The van der Waals surface area contributed by atoms with E-state index < -0.39 is 0 Å². The highest BCUT2D eigenvalue weighted by Crippen LogP contribution is 2.42. The van der Waals surface area contributed by atoms with Crippen LogP contribution in [0.3, 0.4) is 0 Å². The number of imidazole rings is 1. The van der Waals surface area contributed by atoms with Crippen molar-refractivity contribution >= 4 is 17.5 Å². The molecule has 2 aromatic heterocycles. The van der Waals surface area contributed by atoms with Gasteiger partial charge in [0.2, 0.25) is 5.95 Å². The van der Waals surface area contributed by atoms with E-state index in [1.165, 1.54) is 0 Å². The van der Waals surface area contributed by atoms with Crippen molar-refractivity contribution in [2.24, 2.45) is 0 Å². The summed E-state index contributed by atoms with van der Waals surface area (Å²) in [4.78, 5) is 18.5. The summed E-state index contributed by atoms with van der Waals surface area (Å²) in [6, 6.07) is 0. The number of aromatic amines is 2. The third-order valence-corrected chi connectivity index (χ3v) is 2.76. The van der Waals surface area contributed by atoms with Gasteiger partial charge in [-0.25, -0.2) is 4.98 Å². The van der Waals surface area contributed by atoms with E-state index in [0.29, 0.717) is 17.6 Å². The fourth-order valence-corrected chi connectivity index (χ4v) is 1.72. The van der Waals surface area contributed by atoms with Gasteiger partial charge in [0.25, 0.3) is 5.91 Å². The molecule has 0 unspecified atom stereocenters. The Balaban J connectivity index is 1.81. The molecule has 88 valence electrons. The number of hydrogen-bond acceptors (Lipinski definition) is 4. The molecule has 0 atom stereocenters. The first-order chi connectivity index (χ1) is 8.25. The van der Waals surface area contributed by atoms with Gasteiger partial charge in [-0.2, -0.15) is 5.10 Å². The van der Waals surface area contributed by atoms with Crippen LogP contribution >= 0.6 is 0 Å². The van der Waals surface area contributed by atoms with Crippen LogP contribution in [0.4, 0.5) is 11.6 Å². The normalized spacial score (nSPS) is 14.8. The highest BCUT2D eigenvalue weighted by molar-refractivity contribution is 6.05. The Morgan fingerprint density at radius 3 is 3.00 bits per heavy atom. The summed E-state index contributed by atoms with van der Waals surface area (Å²) >= 11 is 0. The van der Waals surface area contributed by atoms with Gasteiger partial charge in [-0.1, -0.05) is 0 Å². The molecule has 1 aliphatic carbocycles. The molecule has 1 saturated carbocycles. The number of nitrogens with zero attached hydrogens (tertiary/aromatic N) is 2. The summed E-state index contributed by atoms with van der Waals surface area (Å²) in [6.45, 7) is 0. The molecule has 1 fully saturated rings. The number of rotatable bonds is 3. The Kier molecular flexibility index (Phi) is 2.10. The number of amides is 1. The van der Waals surface area contributed by atoms with Gasteiger partial charge in [-0.05, 0) is 12.8 Å². The first-order valence-electron chi connectivity index (χ1n) is 5.40. The maximum atomic E-state index is 11.9. The van der Waals surface area contributed by atoms with E-state index in [4.69, 9.17) is 5.73 Å². The molecular formula is C10H12N6O. The Morgan fingerprint density at radius 1 is 1.53 bits per heavy atom. The summed E-state index contributed by atoms with van der Waals surface area (Å²) in [6.07, 6.45) is 5.38. The number of aromatic nitrogens is 4. The number of nitrogen functional groups attached to an aromatic ring is 1. The lowest BCUT2D eigenvalue weighted by Gasteiger charge is -1.99. The summed E-state index contributed by atoms with van der Waals surface area (Å²) in [5.41, 5.74) is 7.43. The molecule has 2 heterocycles. The van der Waals surface area contributed by atoms with Crippen molar-refractivity contribution in [2.45, 2.75) is 18.8 Å². The molecule has 17 heavy (non-hydrogen) atoms. The van der Waals surface area contributed by atoms with Crippen LogP contribution < -0.4 is 11.1 Å². The van der Waals surface area contributed by atoms with Gasteiger partial charge in [0.1, 0.15) is 0 Å². The number of nitrogens with two attached hydrogens (primary N) is 1. The van der Waals surface area contributed by atoms with Crippen molar-refractivity contribution in [1.82, 2.24) is 20.2 Å². The standard InChI is InChI=1S/C10H12N6O/c11-6-7(5-1-2-5)15-16-8(6)9(17)14-10-12-3-4-13-10/h3-5H,1-2,11H2,(H,15,16)(H2,12,13,14,17). The van der Waals surface area contributed by atoms with Crippen molar-refractivity contribution in [3.05, 3.63) is 23.8 Å². The van der Waals surface area contributed by atoms with E-state index in [-0.39, 0.29) is 11.6 Å². The predicted octanol–water partition coefficient (Wildman–Crippen LogP) is 0.845. The van der Waals surface area contributed by atoms with Crippen LogP contribution in [-0.2, 0) is 0 Å². The fraction of sp³-hybridized carbons (Fsp3) is 0.300. The third kappa shape index (κ3) is 1.75. The molecular weight excluding hydrogens is 220 g/mol. The molecule has 5 N–H and O–H groups in total. The number of nitrogens with one attached hydrogen (secondary N) is 3. The van der Waals surface area contributed by atoms with Gasteiger partial charge in [0.15, 0.2) is 5.69 Å². The predicted molar refractivity (Wildman–Crippen MR) is 61.5 cm³/mol. The number of carbonyl (C=O) groups is 1. The van der Waals surface area contributed by atoms with E-state index in [1.54, 1.807) is 12.4 Å². The van der Waals surface area contributed by atoms with Gasteiger partial charge in [0, 0.05) is 18.3 Å². The van der Waals surface area contributed by atoms with Gasteiger partial charge < -0.3 is 10.7 Å². The maximum absolute atomic E-state index is 11.9. The van der Waals surface area contributed by atoms with Gasteiger partial charge in [0.05, 0.1) is 11.4 Å². The zero-order valence-electron chi connectivity index (χ0n) is 9.03. The zero-order valence-corrected chi connectivity index (χ0v) is 9.03. The van der Waals surface area contributed by atoms with Crippen LogP contribution in [-0.4, -0.2) is 26.1 Å². The summed E-state index contributed by atoms with van der Waals surface area (Å²) in [7, 11) is 0. The Hall–Kier alpha value is -2.31. The lowest BCUT2D eigenvalue weighted by molar-refractivity contribution is 0.102. The lowest BCUT2D eigenvalue weighted by atomic mass is 10.2. The molecule has 0 saturated heterocycles. The molecule has 1 amide bonds. The summed E-state index contributed by atoms with van der Waals surface area (Å²) < 4.78 is 0. The van der Waals surface area contributed by atoms with Gasteiger partial charge >= 0.3 is 0 Å². The summed E-state index contributed by atoms with van der Waals surface area (Å²) in [5.74, 6) is 0.457. The smallest absolute Gasteiger partial charge is 0.280 e. The van der Waals surface area contributed by atoms with E-state index in [0.717, 1.165) is 18.5 Å². The Labute approximate surface area is 96.8 Å². The Bertz CT molecular complexity index is 539. The second-order valence-electron chi connectivity index (χ2n) is 4.07. The number of hydrogen-bond donors (Lipinski definition) is 4. The fourth-order valence-electron chi connectivity index (χ4n) is 1.72. The van der Waals surface area contributed by atoms with Crippen LogP contribution in [0.25, 0.3) is 0 Å². The molecule has 0 spiro atoms. The van der Waals surface area contributed by atoms with Crippen molar-refractivity contribution in [3.8, 4) is 0 Å². The van der Waals surface area contributed by atoms with Crippen LogP contribution in [0.15, 0.2) is 12.4 Å². The van der Waals surface area contributed by atoms with Gasteiger partial charge in [-0.3, -0.25) is 15.2 Å². The highest BCUT2D eigenvalue weighted by Gasteiger charge is 2.30. The largest absolute Gasteiger partial charge is 0.395 e. The second-order valence-corrected chi connectivity index (χ2v) is 4.07. The zero-order chi connectivity index (χ0) is 11.8. The lowest BCUT2D eigenvalue weighted by Crippen LogP contribution is -2.15.